The van der Waals surface area contributed by atoms with Crippen LogP contribution in [0.3, 0.4) is 0 Å². The van der Waals surface area contributed by atoms with Crippen molar-refractivity contribution in [3.8, 4) is 0 Å². The highest BCUT2D eigenvalue weighted by Crippen LogP contribution is 2.30. The fraction of sp³-hybridized carbons (Fsp3) is 0.100. The van der Waals surface area contributed by atoms with Gasteiger partial charge in [0.2, 0.25) is 0 Å². The topological polar surface area (TPSA) is 57.8 Å². The summed E-state index contributed by atoms with van der Waals surface area (Å²) in [6, 6.07) is 13.8. The first-order valence-electron chi connectivity index (χ1n) is 8.12. The number of nitrogens with zero attached hydrogens (tertiary/aromatic N) is 1. The Morgan fingerprint density at radius 1 is 1.16 bits per heavy atom. The summed E-state index contributed by atoms with van der Waals surface area (Å²) in [7, 11) is 0. The summed E-state index contributed by atoms with van der Waals surface area (Å²) in [6.45, 7) is 2.00. The third-order valence-electron chi connectivity index (χ3n) is 4.30. The molecule has 1 amide bonds. The van der Waals surface area contributed by atoms with Gasteiger partial charge in [0.25, 0.3) is 5.91 Å². The molecular formula is C20H16FN3O. The largest absolute Gasteiger partial charge is 0.353 e. The molecule has 2 heterocycles. The molecule has 4 rings (SSSR count). The Kier molecular flexibility index (Phi) is 3.69. The summed E-state index contributed by atoms with van der Waals surface area (Å²) in [4.78, 5) is 20.4. The Morgan fingerprint density at radius 3 is 2.80 bits per heavy atom. The van der Waals surface area contributed by atoms with Crippen LogP contribution in [0.4, 0.5) is 10.1 Å². The first kappa shape index (κ1) is 15.3. The number of rotatable bonds is 3. The lowest BCUT2D eigenvalue weighted by Gasteiger charge is -2.10. The number of aromatic nitrogens is 2. The number of carbonyl (C=O) groups is 1. The van der Waals surface area contributed by atoms with Crippen molar-refractivity contribution in [2.24, 2.45) is 0 Å². The summed E-state index contributed by atoms with van der Waals surface area (Å²) < 4.78 is 13.3. The van der Waals surface area contributed by atoms with Crippen LogP contribution in [0.2, 0.25) is 0 Å². The molecule has 0 aliphatic rings. The Hall–Kier alpha value is -3.21. The summed E-state index contributed by atoms with van der Waals surface area (Å²) in [5.41, 5.74) is 3.57. The van der Waals surface area contributed by atoms with E-state index in [0.717, 1.165) is 27.4 Å². The minimum atomic E-state index is -0.395. The first-order chi connectivity index (χ1) is 12.2. The van der Waals surface area contributed by atoms with Crippen LogP contribution < -0.4 is 5.32 Å². The van der Waals surface area contributed by atoms with Crippen molar-refractivity contribution in [1.82, 2.24) is 9.97 Å². The zero-order chi connectivity index (χ0) is 17.4. The molecule has 124 valence electrons. The number of pyridine rings is 1. The van der Waals surface area contributed by atoms with Gasteiger partial charge in [-0.15, -0.1) is 0 Å². The number of nitrogens with one attached hydrogen (secondary N) is 2. The van der Waals surface area contributed by atoms with Crippen molar-refractivity contribution in [3.05, 3.63) is 71.8 Å². The normalized spacial score (nSPS) is 11.1. The predicted molar refractivity (Wildman–Crippen MR) is 97.3 cm³/mol. The fourth-order valence-corrected chi connectivity index (χ4v) is 3.21. The molecule has 2 N–H and O–H groups in total. The second kappa shape index (κ2) is 6.02. The highest BCUT2D eigenvalue weighted by molar-refractivity contribution is 6.13. The quantitative estimate of drug-likeness (QED) is 0.572. The molecule has 0 fully saturated rings. The predicted octanol–water partition coefficient (Wildman–Crippen LogP) is 4.67. The number of halogens is 1. The number of carbonyl (C=O) groups excluding carboxylic acids is 1. The number of aryl methyl sites for hydroxylation is 1. The van der Waals surface area contributed by atoms with Crippen molar-refractivity contribution in [2.45, 2.75) is 13.3 Å². The zero-order valence-corrected chi connectivity index (χ0v) is 13.6. The molecule has 4 nitrogen and oxygen atoms in total. The number of aromatic amines is 1. The summed E-state index contributed by atoms with van der Waals surface area (Å²) in [6.07, 6.45) is 2.34. The van der Waals surface area contributed by atoms with Gasteiger partial charge in [-0.3, -0.25) is 4.79 Å². The van der Waals surface area contributed by atoms with Gasteiger partial charge >= 0.3 is 0 Å². The molecule has 5 heteroatoms. The number of H-pyrrole nitrogens is 1. The molecule has 0 radical (unpaired) electrons. The van der Waals surface area contributed by atoms with E-state index in [0.29, 0.717) is 17.8 Å². The Morgan fingerprint density at radius 2 is 2.00 bits per heavy atom. The average molecular weight is 333 g/mol. The van der Waals surface area contributed by atoms with E-state index in [-0.39, 0.29) is 5.91 Å². The van der Waals surface area contributed by atoms with Crippen molar-refractivity contribution >= 4 is 33.4 Å². The van der Waals surface area contributed by atoms with E-state index in [1.165, 1.54) is 12.1 Å². The third kappa shape index (κ3) is 2.63. The van der Waals surface area contributed by atoms with Gasteiger partial charge in [0, 0.05) is 22.0 Å². The maximum atomic E-state index is 13.3. The van der Waals surface area contributed by atoms with Crippen LogP contribution in [0.5, 0.6) is 0 Å². The molecule has 0 atom stereocenters. The van der Waals surface area contributed by atoms with Gasteiger partial charge in [-0.2, -0.15) is 0 Å². The highest BCUT2D eigenvalue weighted by Gasteiger charge is 2.18. The van der Waals surface area contributed by atoms with E-state index < -0.39 is 5.82 Å². The van der Waals surface area contributed by atoms with Crippen LogP contribution in [0.1, 0.15) is 23.0 Å². The van der Waals surface area contributed by atoms with Gasteiger partial charge in [0.15, 0.2) is 0 Å². The lowest BCUT2D eigenvalue weighted by Crippen LogP contribution is -2.16. The summed E-state index contributed by atoms with van der Waals surface area (Å²) >= 11 is 0. The second-order valence-electron chi connectivity index (χ2n) is 5.86. The smallest absolute Gasteiger partial charge is 0.274 e. The number of anilines is 1. The van der Waals surface area contributed by atoms with Crippen LogP contribution >= 0.6 is 0 Å². The van der Waals surface area contributed by atoms with E-state index >= 15 is 0 Å². The number of amides is 1. The summed E-state index contributed by atoms with van der Waals surface area (Å²) in [5.74, 6) is -0.733. The molecule has 0 saturated heterocycles. The zero-order valence-electron chi connectivity index (χ0n) is 13.6. The molecule has 0 bridgehead atoms. The molecule has 0 aliphatic carbocycles. The minimum absolute atomic E-state index is 0.338. The van der Waals surface area contributed by atoms with Crippen molar-refractivity contribution < 1.29 is 9.18 Å². The van der Waals surface area contributed by atoms with Gasteiger partial charge in [0.1, 0.15) is 11.5 Å². The number of hydrogen-bond acceptors (Lipinski definition) is 2. The molecule has 2 aromatic carbocycles. The van der Waals surface area contributed by atoms with E-state index in [2.05, 4.69) is 15.3 Å². The van der Waals surface area contributed by atoms with E-state index in [1.807, 2.05) is 31.2 Å². The van der Waals surface area contributed by atoms with Crippen LogP contribution in [-0.2, 0) is 6.42 Å². The van der Waals surface area contributed by atoms with Crippen molar-refractivity contribution in [2.75, 3.05) is 5.32 Å². The van der Waals surface area contributed by atoms with Gasteiger partial charge in [-0.05, 0) is 36.2 Å². The highest BCUT2D eigenvalue weighted by atomic mass is 19.1. The fourth-order valence-electron chi connectivity index (χ4n) is 3.21. The molecule has 25 heavy (non-hydrogen) atoms. The molecule has 0 aliphatic heterocycles. The number of hydrogen-bond donors (Lipinski definition) is 2. The maximum Gasteiger partial charge on any atom is 0.274 e. The Labute approximate surface area is 143 Å². The number of benzene rings is 2. The lowest BCUT2D eigenvalue weighted by atomic mass is 10.0. The number of fused-ring (bicyclic) bond motifs is 3. The lowest BCUT2D eigenvalue weighted by molar-refractivity contribution is 0.102. The molecular weight excluding hydrogens is 317 g/mol. The van der Waals surface area contributed by atoms with E-state index in [4.69, 9.17) is 0 Å². The van der Waals surface area contributed by atoms with Crippen molar-refractivity contribution in [1.29, 1.82) is 0 Å². The van der Waals surface area contributed by atoms with Gasteiger partial charge in [-0.25, -0.2) is 9.37 Å². The molecule has 0 spiro atoms. The Bertz CT molecular complexity index is 1100. The minimum Gasteiger partial charge on any atom is -0.353 e. The van der Waals surface area contributed by atoms with Crippen LogP contribution in [-0.4, -0.2) is 15.9 Å². The van der Waals surface area contributed by atoms with Gasteiger partial charge in [0.05, 0.1) is 11.7 Å². The first-order valence-corrected chi connectivity index (χ1v) is 8.12. The molecule has 0 saturated carbocycles. The monoisotopic (exact) mass is 333 g/mol. The van der Waals surface area contributed by atoms with Crippen molar-refractivity contribution in [3.63, 3.8) is 0 Å². The standard InChI is InChI=1S/C20H16FN3O/c1-2-14-18-15-8-3-4-9-16(15)24-17(18)11-22-19(14)20(25)23-13-7-5-6-12(21)10-13/h3-11,24H,2H2,1H3,(H,23,25). The van der Waals surface area contributed by atoms with Crippen LogP contribution in [0.25, 0.3) is 21.8 Å². The third-order valence-corrected chi connectivity index (χ3v) is 4.30. The SMILES string of the molecule is CCc1c(C(=O)Nc2cccc(F)c2)ncc2[nH]c3ccccc3c12. The van der Waals surface area contributed by atoms with Crippen LogP contribution in [0, 0.1) is 5.82 Å². The Balaban J connectivity index is 1.84. The molecule has 0 unspecified atom stereocenters. The number of para-hydroxylation sites is 1. The van der Waals surface area contributed by atoms with Gasteiger partial charge < -0.3 is 10.3 Å². The van der Waals surface area contributed by atoms with Crippen LogP contribution in [0.15, 0.2) is 54.7 Å². The average Bonchev–Trinajstić information content (AvgIpc) is 2.99. The molecule has 4 aromatic rings. The van der Waals surface area contributed by atoms with E-state index in [1.54, 1.807) is 18.3 Å². The van der Waals surface area contributed by atoms with E-state index in [9.17, 15) is 9.18 Å². The molecule has 2 aromatic heterocycles. The maximum absolute atomic E-state index is 13.3. The summed E-state index contributed by atoms with van der Waals surface area (Å²) in [5, 5.41) is 4.80. The second-order valence-corrected chi connectivity index (χ2v) is 5.86. The van der Waals surface area contributed by atoms with Gasteiger partial charge in [-0.1, -0.05) is 31.2 Å².